The van der Waals surface area contributed by atoms with Gasteiger partial charge in [0.1, 0.15) is 11.3 Å². The maximum Gasteiger partial charge on any atom is 0.342 e. The zero-order chi connectivity index (χ0) is 18.7. The number of halogens is 2. The van der Waals surface area contributed by atoms with Gasteiger partial charge in [-0.25, -0.2) is 4.79 Å². The van der Waals surface area contributed by atoms with Crippen molar-refractivity contribution >= 4 is 33.5 Å². The van der Waals surface area contributed by atoms with E-state index in [1.807, 2.05) is 38.1 Å². The number of aromatic hydroxyl groups is 1. The average Bonchev–Trinajstić information content (AvgIpc) is 2.50. The summed E-state index contributed by atoms with van der Waals surface area (Å²) in [5, 5.41) is 9.99. The molecular weight excluding hydrogens is 404 g/mol. The number of phenols is 1. The summed E-state index contributed by atoms with van der Waals surface area (Å²) in [6.07, 6.45) is 0.308. The Kier molecular flexibility index (Phi) is 6.53. The van der Waals surface area contributed by atoms with Crippen molar-refractivity contribution in [1.29, 1.82) is 0 Å². The largest absolute Gasteiger partial charge is 0.507 e. The molecule has 2 aromatic rings. The molecule has 1 unspecified atom stereocenters. The quantitative estimate of drug-likeness (QED) is 0.482. The summed E-state index contributed by atoms with van der Waals surface area (Å²) in [4.78, 5) is 12.3. The number of hydrogen-bond acceptors (Lipinski definition) is 3. The van der Waals surface area contributed by atoms with E-state index in [1.54, 1.807) is 19.9 Å². The molecule has 5 heteroatoms. The number of benzene rings is 2. The summed E-state index contributed by atoms with van der Waals surface area (Å²) < 4.78 is 6.25. The third-order valence-corrected chi connectivity index (χ3v) is 5.01. The molecule has 2 rings (SSSR count). The van der Waals surface area contributed by atoms with Crippen LogP contribution >= 0.6 is 27.5 Å². The Morgan fingerprint density at radius 2 is 1.84 bits per heavy atom. The van der Waals surface area contributed by atoms with Crippen LogP contribution in [0, 0.1) is 13.8 Å². The molecule has 0 radical (unpaired) electrons. The standard InChI is InChI=1S/C20H22BrClO3/c1-11(2)25-20(24)19-13(4)16(12(3)9-18(19)23)10-17(22)14-5-7-15(21)8-6-14/h5-9,11,17,23H,10H2,1-4H3. The zero-order valence-corrected chi connectivity index (χ0v) is 17.1. The number of phenolic OH excluding ortho intramolecular Hbond substituents is 1. The van der Waals surface area contributed by atoms with E-state index >= 15 is 0 Å². The molecule has 0 aliphatic rings. The molecule has 0 bridgehead atoms. The summed E-state index contributed by atoms with van der Waals surface area (Å²) in [7, 11) is 0. The van der Waals surface area contributed by atoms with Crippen LogP contribution in [0.1, 0.15) is 51.8 Å². The van der Waals surface area contributed by atoms with Gasteiger partial charge in [-0.2, -0.15) is 0 Å². The molecule has 0 spiro atoms. The average molecular weight is 426 g/mol. The third kappa shape index (κ3) is 4.77. The minimum Gasteiger partial charge on any atom is -0.507 e. The van der Waals surface area contributed by atoms with Gasteiger partial charge in [0.2, 0.25) is 0 Å². The van der Waals surface area contributed by atoms with E-state index in [0.717, 1.165) is 21.2 Å². The minimum absolute atomic E-state index is 0.0563. The lowest BCUT2D eigenvalue weighted by atomic mass is 9.92. The topological polar surface area (TPSA) is 46.5 Å². The number of ether oxygens (including phenoxy) is 1. The molecule has 2 aromatic carbocycles. The molecular formula is C20H22BrClO3. The molecule has 0 saturated carbocycles. The Morgan fingerprint density at radius 1 is 1.24 bits per heavy atom. The highest BCUT2D eigenvalue weighted by Gasteiger charge is 2.22. The molecule has 0 aromatic heterocycles. The molecule has 0 amide bonds. The van der Waals surface area contributed by atoms with Crippen molar-refractivity contribution in [1.82, 2.24) is 0 Å². The Bertz CT molecular complexity index is 770. The fourth-order valence-electron chi connectivity index (χ4n) is 2.82. The molecule has 0 heterocycles. The number of aryl methyl sites for hydroxylation is 1. The summed E-state index contributed by atoms with van der Waals surface area (Å²) in [6.45, 7) is 7.29. The van der Waals surface area contributed by atoms with Gasteiger partial charge in [-0.15, -0.1) is 11.6 Å². The lowest BCUT2D eigenvalue weighted by molar-refractivity contribution is 0.0373. The van der Waals surface area contributed by atoms with Gasteiger partial charge in [0.15, 0.2) is 0 Å². The molecule has 0 aliphatic heterocycles. The van der Waals surface area contributed by atoms with E-state index in [2.05, 4.69) is 15.9 Å². The van der Waals surface area contributed by atoms with Gasteiger partial charge in [0.05, 0.1) is 11.5 Å². The second-order valence-corrected chi connectivity index (χ2v) is 7.81. The second kappa shape index (κ2) is 8.24. The molecule has 1 atom stereocenters. The maximum atomic E-state index is 12.3. The highest BCUT2D eigenvalue weighted by Crippen LogP contribution is 2.33. The number of carbonyl (C=O) groups is 1. The minimum atomic E-state index is -0.513. The monoisotopic (exact) mass is 424 g/mol. The summed E-state index contributed by atoms with van der Waals surface area (Å²) in [5.41, 5.74) is 3.79. The Balaban J connectivity index is 2.37. The summed E-state index contributed by atoms with van der Waals surface area (Å²) in [5.74, 6) is -0.569. The van der Waals surface area contributed by atoms with Crippen LogP contribution in [0.2, 0.25) is 0 Å². The van der Waals surface area contributed by atoms with E-state index in [0.29, 0.717) is 12.0 Å². The van der Waals surface area contributed by atoms with Crippen LogP contribution in [0.5, 0.6) is 5.75 Å². The summed E-state index contributed by atoms with van der Waals surface area (Å²) in [6, 6.07) is 9.45. The van der Waals surface area contributed by atoms with Gasteiger partial charge in [-0.1, -0.05) is 28.1 Å². The van der Waals surface area contributed by atoms with Gasteiger partial charge in [0.25, 0.3) is 0 Å². The van der Waals surface area contributed by atoms with E-state index < -0.39 is 5.97 Å². The maximum absolute atomic E-state index is 12.3. The van der Waals surface area contributed by atoms with Crippen molar-refractivity contribution in [2.45, 2.75) is 45.6 Å². The Hall–Kier alpha value is -1.52. The van der Waals surface area contributed by atoms with Crippen molar-refractivity contribution in [2.24, 2.45) is 0 Å². The van der Waals surface area contributed by atoms with Crippen LogP contribution in [-0.2, 0) is 11.2 Å². The SMILES string of the molecule is Cc1cc(O)c(C(=O)OC(C)C)c(C)c1CC(Cl)c1ccc(Br)cc1. The molecule has 1 N–H and O–H groups in total. The highest BCUT2D eigenvalue weighted by atomic mass is 79.9. The molecule has 25 heavy (non-hydrogen) atoms. The zero-order valence-electron chi connectivity index (χ0n) is 14.8. The predicted octanol–water partition coefficient (Wildman–Crippen LogP) is 5.86. The van der Waals surface area contributed by atoms with Crippen LogP contribution < -0.4 is 0 Å². The van der Waals surface area contributed by atoms with Crippen molar-refractivity contribution in [3.05, 3.63) is 62.6 Å². The fourth-order valence-corrected chi connectivity index (χ4v) is 3.38. The lowest BCUT2D eigenvalue weighted by Gasteiger charge is -2.19. The number of rotatable bonds is 5. The second-order valence-electron chi connectivity index (χ2n) is 6.37. The first-order chi connectivity index (χ1) is 11.7. The van der Waals surface area contributed by atoms with Gasteiger partial charge in [-0.3, -0.25) is 0 Å². The smallest absolute Gasteiger partial charge is 0.342 e. The van der Waals surface area contributed by atoms with Crippen LogP contribution in [-0.4, -0.2) is 17.2 Å². The van der Waals surface area contributed by atoms with Gasteiger partial charge in [-0.05, 0) is 74.6 Å². The Labute approximate surface area is 162 Å². The normalized spacial score (nSPS) is 12.3. The molecule has 0 aliphatic carbocycles. The van der Waals surface area contributed by atoms with Crippen LogP contribution in [0.3, 0.4) is 0 Å². The molecule has 134 valence electrons. The number of hydrogen-bond donors (Lipinski definition) is 1. The van der Waals surface area contributed by atoms with E-state index in [1.165, 1.54) is 0 Å². The predicted molar refractivity (Wildman–Crippen MR) is 105 cm³/mol. The van der Waals surface area contributed by atoms with Crippen LogP contribution in [0.15, 0.2) is 34.8 Å². The van der Waals surface area contributed by atoms with Crippen molar-refractivity contribution < 1.29 is 14.6 Å². The van der Waals surface area contributed by atoms with Gasteiger partial charge >= 0.3 is 5.97 Å². The van der Waals surface area contributed by atoms with E-state index in [4.69, 9.17) is 16.3 Å². The summed E-state index contributed by atoms with van der Waals surface area (Å²) >= 11 is 10.0. The number of esters is 1. The molecule has 0 fully saturated rings. The molecule has 3 nitrogen and oxygen atoms in total. The third-order valence-electron chi connectivity index (χ3n) is 4.07. The van der Waals surface area contributed by atoms with E-state index in [-0.39, 0.29) is 22.8 Å². The van der Waals surface area contributed by atoms with Gasteiger partial charge in [0, 0.05) is 4.47 Å². The van der Waals surface area contributed by atoms with Crippen molar-refractivity contribution in [3.8, 4) is 5.75 Å². The van der Waals surface area contributed by atoms with Gasteiger partial charge < -0.3 is 9.84 Å². The number of carbonyl (C=O) groups excluding carboxylic acids is 1. The fraction of sp³-hybridized carbons (Fsp3) is 0.350. The first-order valence-corrected chi connectivity index (χ1v) is 9.36. The van der Waals surface area contributed by atoms with Crippen LogP contribution in [0.25, 0.3) is 0 Å². The van der Waals surface area contributed by atoms with E-state index in [9.17, 15) is 9.90 Å². The van der Waals surface area contributed by atoms with Crippen LogP contribution in [0.4, 0.5) is 0 Å². The first kappa shape index (κ1) is 19.8. The highest BCUT2D eigenvalue weighted by molar-refractivity contribution is 9.10. The first-order valence-electron chi connectivity index (χ1n) is 8.13. The number of alkyl halides is 1. The van der Waals surface area contributed by atoms with Crippen molar-refractivity contribution in [3.63, 3.8) is 0 Å². The molecule has 0 saturated heterocycles. The van der Waals surface area contributed by atoms with Crippen molar-refractivity contribution in [2.75, 3.05) is 0 Å². The Morgan fingerprint density at radius 3 is 2.40 bits per heavy atom. The lowest BCUT2D eigenvalue weighted by Crippen LogP contribution is -2.15.